The Labute approximate surface area is 111 Å². The van der Waals surface area contributed by atoms with Gasteiger partial charge in [-0.3, -0.25) is 4.79 Å². The van der Waals surface area contributed by atoms with E-state index in [1.807, 2.05) is 4.90 Å². The van der Waals surface area contributed by atoms with Crippen molar-refractivity contribution in [2.45, 2.75) is 39.0 Å². The van der Waals surface area contributed by atoms with Crippen LogP contribution in [0.5, 0.6) is 0 Å². The van der Waals surface area contributed by atoms with Crippen LogP contribution >= 0.6 is 0 Å². The highest BCUT2D eigenvalue weighted by Crippen LogP contribution is 2.37. The van der Waals surface area contributed by atoms with Crippen molar-refractivity contribution >= 4 is 5.91 Å². The molecule has 0 radical (unpaired) electrons. The quantitative estimate of drug-likeness (QED) is 0.764. The lowest BCUT2D eigenvalue weighted by Crippen LogP contribution is -2.50. The number of hydrogen-bond acceptors (Lipinski definition) is 2. The minimum Gasteiger partial charge on any atom is -0.342 e. The maximum atomic E-state index is 12.0. The number of likely N-dealkylation sites (tertiary alicyclic amines) is 2. The number of amides is 1. The Morgan fingerprint density at radius 2 is 1.78 bits per heavy atom. The van der Waals surface area contributed by atoms with Crippen LogP contribution in [0.25, 0.3) is 0 Å². The van der Waals surface area contributed by atoms with Gasteiger partial charge in [-0.1, -0.05) is 6.92 Å². The molecule has 3 nitrogen and oxygen atoms in total. The lowest BCUT2D eigenvalue weighted by Gasteiger charge is -2.43. The molecule has 0 atom stereocenters. The molecule has 1 saturated carbocycles. The Balaban J connectivity index is 1.36. The zero-order valence-corrected chi connectivity index (χ0v) is 11.6. The van der Waals surface area contributed by atoms with Gasteiger partial charge in [0.25, 0.3) is 0 Å². The SMILES string of the molecule is CC1CCN(CC2CC(C(=O)N3CCC3)C2)CC1. The summed E-state index contributed by atoms with van der Waals surface area (Å²) in [5, 5.41) is 0. The molecule has 102 valence electrons. The van der Waals surface area contributed by atoms with Crippen molar-refractivity contribution in [2.24, 2.45) is 17.8 Å². The minimum atomic E-state index is 0.374. The van der Waals surface area contributed by atoms with Crippen LogP contribution in [0.4, 0.5) is 0 Å². The fourth-order valence-corrected chi connectivity index (χ4v) is 3.49. The maximum Gasteiger partial charge on any atom is 0.225 e. The summed E-state index contributed by atoms with van der Waals surface area (Å²) in [6.07, 6.45) is 6.25. The first-order valence-electron chi connectivity index (χ1n) is 7.73. The van der Waals surface area contributed by atoms with E-state index >= 15 is 0 Å². The van der Waals surface area contributed by atoms with Gasteiger partial charge in [-0.2, -0.15) is 0 Å². The van der Waals surface area contributed by atoms with E-state index in [1.165, 1.54) is 38.9 Å². The predicted octanol–water partition coefficient (Wildman–Crippen LogP) is 1.98. The summed E-state index contributed by atoms with van der Waals surface area (Å²) in [6.45, 7) is 8.21. The number of piperidine rings is 1. The minimum absolute atomic E-state index is 0.374. The van der Waals surface area contributed by atoms with Gasteiger partial charge in [0.05, 0.1) is 0 Å². The lowest BCUT2D eigenvalue weighted by atomic mass is 9.73. The van der Waals surface area contributed by atoms with E-state index in [2.05, 4.69) is 11.8 Å². The molecule has 0 aromatic rings. The molecule has 3 fully saturated rings. The molecule has 3 rings (SSSR count). The van der Waals surface area contributed by atoms with Gasteiger partial charge in [0.15, 0.2) is 0 Å². The molecule has 2 heterocycles. The standard InChI is InChI=1S/C15H26N2O/c1-12-3-7-16(8-4-12)11-13-9-14(10-13)15(18)17-5-2-6-17/h12-14H,2-11H2,1H3. The van der Waals surface area contributed by atoms with E-state index in [1.54, 1.807) is 0 Å². The van der Waals surface area contributed by atoms with Crippen LogP contribution in [0.2, 0.25) is 0 Å². The van der Waals surface area contributed by atoms with E-state index in [4.69, 9.17) is 0 Å². The third kappa shape index (κ3) is 2.56. The van der Waals surface area contributed by atoms with Gasteiger partial charge >= 0.3 is 0 Å². The topological polar surface area (TPSA) is 23.6 Å². The van der Waals surface area contributed by atoms with Crippen LogP contribution in [0.3, 0.4) is 0 Å². The van der Waals surface area contributed by atoms with Gasteiger partial charge in [-0.15, -0.1) is 0 Å². The molecule has 18 heavy (non-hydrogen) atoms. The van der Waals surface area contributed by atoms with Crippen molar-refractivity contribution in [3.05, 3.63) is 0 Å². The summed E-state index contributed by atoms with van der Waals surface area (Å²) < 4.78 is 0. The fraction of sp³-hybridized carbons (Fsp3) is 0.933. The second-order valence-electron chi connectivity index (χ2n) is 6.70. The van der Waals surface area contributed by atoms with E-state index in [0.717, 1.165) is 37.8 Å². The van der Waals surface area contributed by atoms with Crippen LogP contribution in [-0.4, -0.2) is 48.4 Å². The first-order valence-corrected chi connectivity index (χ1v) is 7.73. The van der Waals surface area contributed by atoms with E-state index in [-0.39, 0.29) is 0 Å². The van der Waals surface area contributed by atoms with Crippen LogP contribution in [-0.2, 0) is 4.79 Å². The maximum absolute atomic E-state index is 12.0. The Morgan fingerprint density at radius 1 is 1.11 bits per heavy atom. The summed E-state index contributed by atoms with van der Waals surface area (Å²) in [4.78, 5) is 16.7. The number of carbonyl (C=O) groups excluding carboxylic acids is 1. The summed E-state index contributed by atoms with van der Waals surface area (Å²) in [5.41, 5.74) is 0. The average Bonchev–Trinajstić information content (AvgIpc) is 2.22. The highest BCUT2D eigenvalue weighted by atomic mass is 16.2. The van der Waals surface area contributed by atoms with Crippen molar-refractivity contribution in [3.8, 4) is 0 Å². The summed E-state index contributed by atoms with van der Waals surface area (Å²) >= 11 is 0. The normalized spacial score (nSPS) is 33.9. The molecule has 3 heteroatoms. The Hall–Kier alpha value is -0.570. The largest absolute Gasteiger partial charge is 0.342 e. The molecular formula is C15H26N2O. The Morgan fingerprint density at radius 3 is 2.33 bits per heavy atom. The van der Waals surface area contributed by atoms with Crippen molar-refractivity contribution in [1.82, 2.24) is 9.80 Å². The van der Waals surface area contributed by atoms with Crippen LogP contribution in [0.15, 0.2) is 0 Å². The molecule has 0 spiro atoms. The average molecular weight is 250 g/mol. The van der Waals surface area contributed by atoms with E-state index in [9.17, 15) is 4.79 Å². The van der Waals surface area contributed by atoms with Gasteiger partial charge in [0, 0.05) is 25.6 Å². The van der Waals surface area contributed by atoms with Crippen molar-refractivity contribution < 1.29 is 4.79 Å². The molecule has 1 aliphatic carbocycles. The van der Waals surface area contributed by atoms with E-state index < -0.39 is 0 Å². The molecule has 2 saturated heterocycles. The third-order valence-corrected chi connectivity index (χ3v) is 5.15. The first-order chi connectivity index (χ1) is 8.72. The highest BCUT2D eigenvalue weighted by Gasteiger charge is 2.38. The van der Waals surface area contributed by atoms with Crippen LogP contribution in [0, 0.1) is 17.8 Å². The molecule has 0 N–H and O–H groups in total. The smallest absolute Gasteiger partial charge is 0.225 e. The molecule has 0 aromatic carbocycles. The molecule has 0 bridgehead atoms. The van der Waals surface area contributed by atoms with Crippen molar-refractivity contribution in [2.75, 3.05) is 32.7 Å². The first kappa shape index (κ1) is 12.5. The third-order valence-electron chi connectivity index (χ3n) is 5.15. The predicted molar refractivity (Wildman–Crippen MR) is 72.2 cm³/mol. The zero-order valence-electron chi connectivity index (χ0n) is 11.6. The van der Waals surface area contributed by atoms with Gasteiger partial charge < -0.3 is 9.80 Å². The molecule has 0 aromatic heterocycles. The summed E-state index contributed by atoms with van der Waals surface area (Å²) in [6, 6.07) is 0. The van der Waals surface area contributed by atoms with Crippen LogP contribution in [0.1, 0.15) is 39.0 Å². The Kier molecular flexibility index (Phi) is 3.60. The number of rotatable bonds is 3. The highest BCUT2D eigenvalue weighted by molar-refractivity contribution is 5.80. The number of hydrogen-bond donors (Lipinski definition) is 0. The van der Waals surface area contributed by atoms with Gasteiger partial charge in [0.1, 0.15) is 0 Å². The summed E-state index contributed by atoms with van der Waals surface area (Å²) in [7, 11) is 0. The van der Waals surface area contributed by atoms with Crippen molar-refractivity contribution in [1.29, 1.82) is 0 Å². The molecule has 2 aliphatic heterocycles. The summed E-state index contributed by atoms with van der Waals surface area (Å²) in [5.74, 6) is 2.54. The second-order valence-corrected chi connectivity index (χ2v) is 6.70. The lowest BCUT2D eigenvalue weighted by molar-refractivity contribution is -0.143. The number of nitrogens with zero attached hydrogens (tertiary/aromatic N) is 2. The molecule has 1 amide bonds. The van der Waals surface area contributed by atoms with Crippen LogP contribution < -0.4 is 0 Å². The zero-order chi connectivity index (χ0) is 12.5. The van der Waals surface area contributed by atoms with E-state index in [0.29, 0.717) is 11.8 Å². The molecule has 0 unspecified atom stereocenters. The van der Waals surface area contributed by atoms with Gasteiger partial charge in [-0.05, 0) is 57.0 Å². The fourth-order valence-electron chi connectivity index (χ4n) is 3.49. The van der Waals surface area contributed by atoms with Gasteiger partial charge in [-0.25, -0.2) is 0 Å². The van der Waals surface area contributed by atoms with Gasteiger partial charge in [0.2, 0.25) is 5.91 Å². The monoisotopic (exact) mass is 250 g/mol. The second kappa shape index (κ2) is 5.20. The van der Waals surface area contributed by atoms with Crippen molar-refractivity contribution in [3.63, 3.8) is 0 Å². The Bertz CT molecular complexity index is 300. The molecule has 3 aliphatic rings. The number of carbonyl (C=O) groups is 1. The molecular weight excluding hydrogens is 224 g/mol.